The minimum absolute atomic E-state index is 0.0495. The zero-order chi connectivity index (χ0) is 15.7. The molecule has 0 aliphatic carbocycles. The van der Waals surface area contributed by atoms with E-state index in [9.17, 15) is 13.2 Å². The van der Waals surface area contributed by atoms with E-state index in [1.165, 1.54) is 31.4 Å². The van der Waals surface area contributed by atoms with E-state index in [-0.39, 0.29) is 11.8 Å². The van der Waals surface area contributed by atoms with Crippen molar-refractivity contribution in [3.8, 4) is 5.75 Å². The van der Waals surface area contributed by atoms with Crippen LogP contribution in [0.1, 0.15) is 57.1 Å². The van der Waals surface area contributed by atoms with Crippen LogP contribution in [0.4, 0.5) is 13.2 Å². The van der Waals surface area contributed by atoms with Gasteiger partial charge in [0.25, 0.3) is 0 Å². The van der Waals surface area contributed by atoms with E-state index in [0.717, 1.165) is 24.8 Å². The van der Waals surface area contributed by atoms with Crippen molar-refractivity contribution in [1.29, 1.82) is 0 Å². The van der Waals surface area contributed by atoms with Gasteiger partial charge < -0.3 is 4.74 Å². The molecular formula is C15H23F3N2O. The zero-order valence-electron chi connectivity index (χ0n) is 12.2. The largest absolute Gasteiger partial charge is 0.573 e. The molecule has 3 N–H and O–H groups in total. The number of hydrogen-bond acceptors (Lipinski definition) is 3. The number of hydrazine groups is 1. The van der Waals surface area contributed by atoms with Crippen molar-refractivity contribution in [2.24, 2.45) is 5.84 Å². The maximum Gasteiger partial charge on any atom is 0.573 e. The number of alkyl halides is 3. The van der Waals surface area contributed by atoms with Gasteiger partial charge in [-0.15, -0.1) is 13.2 Å². The minimum atomic E-state index is -4.66. The van der Waals surface area contributed by atoms with Crippen LogP contribution >= 0.6 is 0 Å². The van der Waals surface area contributed by atoms with E-state index in [1.54, 1.807) is 12.1 Å². The number of rotatable bonds is 9. The highest BCUT2D eigenvalue weighted by Crippen LogP contribution is 2.26. The molecule has 21 heavy (non-hydrogen) atoms. The van der Waals surface area contributed by atoms with Gasteiger partial charge >= 0.3 is 6.36 Å². The second kappa shape index (κ2) is 8.89. The predicted molar refractivity (Wildman–Crippen MR) is 76.6 cm³/mol. The number of ether oxygens (including phenoxy) is 1. The molecule has 1 rings (SSSR count). The van der Waals surface area contributed by atoms with Crippen LogP contribution in [0.5, 0.6) is 5.75 Å². The number of hydrogen-bond donors (Lipinski definition) is 2. The highest BCUT2D eigenvalue weighted by Gasteiger charge is 2.31. The lowest BCUT2D eigenvalue weighted by molar-refractivity contribution is -0.274. The fourth-order valence-corrected chi connectivity index (χ4v) is 2.20. The quantitative estimate of drug-likeness (QED) is 0.402. The number of halogens is 3. The van der Waals surface area contributed by atoms with Gasteiger partial charge in [0.05, 0.1) is 0 Å². The number of benzene rings is 1. The molecule has 0 aliphatic heterocycles. The van der Waals surface area contributed by atoms with Gasteiger partial charge in [0.1, 0.15) is 5.75 Å². The number of nitrogens with one attached hydrogen (secondary N) is 1. The van der Waals surface area contributed by atoms with Crippen molar-refractivity contribution in [2.45, 2.75) is 57.9 Å². The van der Waals surface area contributed by atoms with E-state index in [4.69, 9.17) is 5.84 Å². The molecule has 0 heterocycles. The average Bonchev–Trinajstić information content (AvgIpc) is 2.42. The van der Waals surface area contributed by atoms with Gasteiger partial charge in [-0.05, 0) is 24.1 Å². The first-order chi connectivity index (χ1) is 9.96. The number of nitrogens with two attached hydrogens (primary N) is 1. The Balaban J connectivity index is 2.49. The first kappa shape index (κ1) is 17.8. The smallest absolute Gasteiger partial charge is 0.406 e. The first-order valence-corrected chi connectivity index (χ1v) is 7.28. The third-order valence-electron chi connectivity index (χ3n) is 3.31. The maximum atomic E-state index is 12.1. The highest BCUT2D eigenvalue weighted by molar-refractivity contribution is 5.29. The third kappa shape index (κ3) is 7.34. The average molecular weight is 304 g/mol. The van der Waals surface area contributed by atoms with Crippen molar-refractivity contribution >= 4 is 0 Å². The van der Waals surface area contributed by atoms with Crippen LogP contribution in [0.2, 0.25) is 0 Å². The Morgan fingerprint density at radius 2 is 1.71 bits per heavy atom. The molecule has 0 saturated heterocycles. The summed E-state index contributed by atoms with van der Waals surface area (Å²) in [6, 6.07) is 5.79. The van der Waals surface area contributed by atoms with Crippen LogP contribution < -0.4 is 16.0 Å². The fourth-order valence-electron chi connectivity index (χ4n) is 2.20. The van der Waals surface area contributed by atoms with Crippen molar-refractivity contribution in [3.63, 3.8) is 0 Å². The topological polar surface area (TPSA) is 47.3 Å². The highest BCUT2D eigenvalue weighted by atomic mass is 19.4. The Morgan fingerprint density at radius 1 is 1.10 bits per heavy atom. The normalized spacial score (nSPS) is 13.2. The van der Waals surface area contributed by atoms with E-state index in [1.807, 2.05) is 0 Å². The van der Waals surface area contributed by atoms with Gasteiger partial charge in [-0.1, -0.05) is 51.2 Å². The Bertz CT molecular complexity index is 393. The van der Waals surface area contributed by atoms with Crippen LogP contribution in [0, 0.1) is 0 Å². The van der Waals surface area contributed by atoms with E-state index < -0.39 is 6.36 Å². The predicted octanol–water partition coefficient (Wildman–Crippen LogP) is 4.45. The molecule has 0 bridgehead atoms. The van der Waals surface area contributed by atoms with Crippen LogP contribution in [-0.4, -0.2) is 6.36 Å². The second-order valence-corrected chi connectivity index (χ2v) is 5.04. The molecule has 1 aromatic rings. The molecule has 1 aromatic carbocycles. The van der Waals surface area contributed by atoms with Gasteiger partial charge in [0.15, 0.2) is 0 Å². The summed E-state index contributed by atoms with van der Waals surface area (Å²) in [7, 11) is 0. The first-order valence-electron chi connectivity index (χ1n) is 7.28. The fraction of sp³-hybridized carbons (Fsp3) is 0.600. The molecule has 0 saturated carbocycles. The van der Waals surface area contributed by atoms with Crippen molar-refractivity contribution < 1.29 is 17.9 Å². The van der Waals surface area contributed by atoms with E-state index >= 15 is 0 Å². The Morgan fingerprint density at radius 3 is 2.24 bits per heavy atom. The van der Waals surface area contributed by atoms with Crippen molar-refractivity contribution in [2.75, 3.05) is 0 Å². The molecule has 0 fully saturated rings. The van der Waals surface area contributed by atoms with Gasteiger partial charge in [0, 0.05) is 6.04 Å². The molecule has 3 nitrogen and oxygen atoms in total. The summed E-state index contributed by atoms with van der Waals surface area (Å²) in [5, 5.41) is 0. The van der Waals surface area contributed by atoms with Gasteiger partial charge in [-0.25, -0.2) is 0 Å². The summed E-state index contributed by atoms with van der Waals surface area (Å²) in [6.07, 6.45) is 2.00. The van der Waals surface area contributed by atoms with Crippen molar-refractivity contribution in [1.82, 2.24) is 5.43 Å². The van der Waals surface area contributed by atoms with Crippen LogP contribution in [0.15, 0.2) is 24.3 Å². The van der Waals surface area contributed by atoms with Crippen LogP contribution in [0.3, 0.4) is 0 Å². The summed E-state index contributed by atoms with van der Waals surface area (Å²) >= 11 is 0. The molecule has 0 aromatic heterocycles. The monoisotopic (exact) mass is 304 g/mol. The summed E-state index contributed by atoms with van der Waals surface area (Å²) in [6.45, 7) is 2.16. The molecule has 6 heteroatoms. The second-order valence-electron chi connectivity index (χ2n) is 5.04. The molecular weight excluding hydrogens is 281 g/mol. The van der Waals surface area contributed by atoms with Crippen LogP contribution in [0.25, 0.3) is 0 Å². The van der Waals surface area contributed by atoms with Gasteiger partial charge in [-0.3, -0.25) is 11.3 Å². The molecule has 0 amide bonds. The Hall–Kier alpha value is -1.27. The summed E-state index contributed by atoms with van der Waals surface area (Å²) in [5.41, 5.74) is 3.58. The molecule has 0 spiro atoms. The third-order valence-corrected chi connectivity index (χ3v) is 3.31. The van der Waals surface area contributed by atoms with Crippen LogP contribution in [-0.2, 0) is 0 Å². The Labute approximate surface area is 123 Å². The van der Waals surface area contributed by atoms with Gasteiger partial charge in [-0.2, -0.15) is 0 Å². The summed E-state index contributed by atoms with van der Waals surface area (Å²) in [4.78, 5) is 0. The summed E-state index contributed by atoms with van der Waals surface area (Å²) < 4.78 is 40.1. The maximum absolute atomic E-state index is 12.1. The standard InChI is InChI=1S/C15H23F3N2O/c1-2-3-4-5-6-7-14(20-19)12-8-10-13(11-9-12)21-15(16,17)18/h8-11,14,20H,2-7,19H2,1H3. The molecule has 1 unspecified atom stereocenters. The van der Waals surface area contributed by atoms with Crippen molar-refractivity contribution in [3.05, 3.63) is 29.8 Å². The summed E-state index contributed by atoms with van der Waals surface area (Å²) in [5.74, 6) is 5.31. The van der Waals surface area contributed by atoms with Gasteiger partial charge in [0.2, 0.25) is 0 Å². The van der Waals surface area contributed by atoms with E-state index in [2.05, 4.69) is 17.1 Å². The SMILES string of the molecule is CCCCCCCC(NN)c1ccc(OC(F)(F)F)cc1. The minimum Gasteiger partial charge on any atom is -0.406 e. The lowest BCUT2D eigenvalue weighted by atomic mass is 10.0. The lowest BCUT2D eigenvalue weighted by Gasteiger charge is -2.17. The van der Waals surface area contributed by atoms with E-state index in [0.29, 0.717) is 0 Å². The zero-order valence-corrected chi connectivity index (χ0v) is 12.2. The lowest BCUT2D eigenvalue weighted by Crippen LogP contribution is -2.28. The Kier molecular flexibility index (Phi) is 7.53. The molecule has 0 radical (unpaired) electrons. The molecule has 120 valence electrons. The molecule has 1 atom stereocenters. The molecule has 0 aliphatic rings. The number of unbranched alkanes of at least 4 members (excludes halogenated alkanes) is 4.